The summed E-state index contributed by atoms with van der Waals surface area (Å²) >= 11 is 9.24. The fourth-order valence-corrected chi connectivity index (χ4v) is 2.32. The molecule has 2 aromatic carbocycles. The fourth-order valence-electron chi connectivity index (χ4n) is 1.63. The normalized spacial score (nSPS) is 10.4. The molecule has 0 unspecified atom stereocenters. The number of benzene rings is 2. The number of hydrogen-bond acceptors (Lipinski definition) is 1. The van der Waals surface area contributed by atoms with Gasteiger partial charge in [-0.25, -0.2) is 4.39 Å². The Hall–Kier alpha value is -1.19. The number of carbonyl (C=O) groups excluding carboxylic acids is 1. The SMILES string of the molecule is O=C(Cc1ccccc1Br)c1ccc(F)cc1Cl. The summed E-state index contributed by atoms with van der Waals surface area (Å²) in [4.78, 5) is 12.1. The van der Waals surface area contributed by atoms with Crippen molar-refractivity contribution in [3.8, 4) is 0 Å². The van der Waals surface area contributed by atoms with Gasteiger partial charge in [-0.05, 0) is 29.8 Å². The summed E-state index contributed by atoms with van der Waals surface area (Å²) in [5.41, 5.74) is 1.22. The second-order valence-corrected chi connectivity index (χ2v) is 5.08. The lowest BCUT2D eigenvalue weighted by molar-refractivity contribution is 0.0993. The molecule has 0 saturated heterocycles. The molecule has 0 fully saturated rings. The molecule has 4 heteroatoms. The Kier molecular flexibility index (Phi) is 4.15. The van der Waals surface area contributed by atoms with Crippen LogP contribution in [0.15, 0.2) is 46.9 Å². The van der Waals surface area contributed by atoms with Gasteiger partial charge in [0.1, 0.15) is 5.82 Å². The van der Waals surface area contributed by atoms with E-state index in [1.54, 1.807) is 0 Å². The molecule has 0 spiro atoms. The summed E-state index contributed by atoms with van der Waals surface area (Å²) in [6.45, 7) is 0. The molecule has 0 aromatic heterocycles. The van der Waals surface area contributed by atoms with Crippen LogP contribution in [0.3, 0.4) is 0 Å². The topological polar surface area (TPSA) is 17.1 Å². The van der Waals surface area contributed by atoms with Crippen molar-refractivity contribution in [2.75, 3.05) is 0 Å². The van der Waals surface area contributed by atoms with E-state index < -0.39 is 5.82 Å². The maximum absolute atomic E-state index is 12.9. The summed E-state index contributed by atoms with van der Waals surface area (Å²) in [6.07, 6.45) is 0.229. The zero-order valence-electron chi connectivity index (χ0n) is 9.29. The first kappa shape index (κ1) is 13.2. The molecule has 18 heavy (non-hydrogen) atoms. The third kappa shape index (κ3) is 2.98. The zero-order chi connectivity index (χ0) is 13.1. The highest BCUT2D eigenvalue weighted by molar-refractivity contribution is 9.10. The molecule has 0 aliphatic heterocycles. The van der Waals surface area contributed by atoms with Crippen LogP contribution in [-0.4, -0.2) is 5.78 Å². The minimum absolute atomic E-state index is 0.132. The highest BCUT2D eigenvalue weighted by atomic mass is 79.9. The molecule has 0 N–H and O–H groups in total. The smallest absolute Gasteiger partial charge is 0.168 e. The average molecular weight is 328 g/mol. The van der Waals surface area contributed by atoms with E-state index in [0.29, 0.717) is 5.56 Å². The van der Waals surface area contributed by atoms with Crippen molar-refractivity contribution >= 4 is 33.3 Å². The summed E-state index contributed by atoms with van der Waals surface area (Å²) < 4.78 is 13.8. The van der Waals surface area contributed by atoms with Gasteiger partial charge in [0.25, 0.3) is 0 Å². The van der Waals surface area contributed by atoms with Gasteiger partial charge in [0, 0.05) is 16.5 Å². The molecule has 0 aliphatic rings. The van der Waals surface area contributed by atoms with Crippen LogP contribution in [0.2, 0.25) is 5.02 Å². The van der Waals surface area contributed by atoms with E-state index in [2.05, 4.69) is 15.9 Å². The van der Waals surface area contributed by atoms with Gasteiger partial charge in [-0.3, -0.25) is 4.79 Å². The molecule has 0 heterocycles. The molecule has 2 rings (SSSR count). The number of rotatable bonds is 3. The van der Waals surface area contributed by atoms with Crippen LogP contribution >= 0.6 is 27.5 Å². The molecule has 0 amide bonds. The van der Waals surface area contributed by atoms with Gasteiger partial charge in [0.05, 0.1) is 5.02 Å². The molecule has 92 valence electrons. The first-order chi connectivity index (χ1) is 8.58. The highest BCUT2D eigenvalue weighted by Gasteiger charge is 2.13. The minimum atomic E-state index is -0.447. The third-order valence-electron chi connectivity index (χ3n) is 2.54. The number of hydrogen-bond donors (Lipinski definition) is 0. The lowest BCUT2D eigenvalue weighted by Gasteiger charge is -2.05. The van der Waals surface area contributed by atoms with Gasteiger partial charge in [0.2, 0.25) is 0 Å². The lowest BCUT2D eigenvalue weighted by Crippen LogP contribution is -2.05. The maximum Gasteiger partial charge on any atom is 0.168 e. The number of carbonyl (C=O) groups is 1. The van der Waals surface area contributed by atoms with Crippen molar-refractivity contribution in [2.45, 2.75) is 6.42 Å². The van der Waals surface area contributed by atoms with E-state index in [0.717, 1.165) is 16.1 Å². The summed E-state index contributed by atoms with van der Waals surface area (Å²) in [7, 11) is 0. The Morgan fingerprint density at radius 2 is 1.94 bits per heavy atom. The summed E-state index contributed by atoms with van der Waals surface area (Å²) in [5, 5.41) is 0.145. The Bertz CT molecular complexity index is 598. The molecule has 0 saturated carbocycles. The van der Waals surface area contributed by atoms with Gasteiger partial charge in [-0.1, -0.05) is 45.7 Å². The van der Waals surface area contributed by atoms with E-state index in [9.17, 15) is 9.18 Å². The molecular formula is C14H9BrClFO. The second kappa shape index (κ2) is 5.63. The number of Topliss-reactive ketones (excluding diaryl/α,β-unsaturated/α-hetero) is 1. The Labute approximate surface area is 118 Å². The monoisotopic (exact) mass is 326 g/mol. The quantitative estimate of drug-likeness (QED) is 0.749. The van der Waals surface area contributed by atoms with Gasteiger partial charge in [-0.2, -0.15) is 0 Å². The Morgan fingerprint density at radius 3 is 2.61 bits per heavy atom. The van der Waals surface area contributed by atoms with Gasteiger partial charge < -0.3 is 0 Å². The van der Waals surface area contributed by atoms with Gasteiger partial charge in [0.15, 0.2) is 5.78 Å². The average Bonchev–Trinajstić information content (AvgIpc) is 2.32. The number of halogens is 3. The van der Waals surface area contributed by atoms with Crippen LogP contribution in [0, 0.1) is 5.82 Å². The Morgan fingerprint density at radius 1 is 1.22 bits per heavy atom. The van der Waals surface area contributed by atoms with Crippen LogP contribution in [0.4, 0.5) is 4.39 Å². The van der Waals surface area contributed by atoms with Crippen molar-refractivity contribution in [3.05, 3.63) is 68.9 Å². The molecule has 0 bridgehead atoms. The summed E-state index contributed by atoms with van der Waals surface area (Å²) in [5.74, 6) is -0.579. The van der Waals surface area contributed by atoms with Crippen LogP contribution in [0.5, 0.6) is 0 Å². The standard InChI is InChI=1S/C14H9BrClFO/c15-12-4-2-1-3-9(12)7-14(18)11-6-5-10(17)8-13(11)16/h1-6,8H,7H2. The Balaban J connectivity index is 2.25. The van der Waals surface area contributed by atoms with Crippen molar-refractivity contribution in [2.24, 2.45) is 0 Å². The first-order valence-corrected chi connectivity index (χ1v) is 6.46. The van der Waals surface area contributed by atoms with Crippen molar-refractivity contribution in [1.29, 1.82) is 0 Å². The summed E-state index contributed by atoms with van der Waals surface area (Å²) in [6, 6.07) is 11.3. The largest absolute Gasteiger partial charge is 0.294 e. The van der Waals surface area contributed by atoms with E-state index >= 15 is 0 Å². The van der Waals surface area contributed by atoms with Crippen LogP contribution < -0.4 is 0 Å². The molecule has 2 aromatic rings. The highest BCUT2D eigenvalue weighted by Crippen LogP contribution is 2.22. The predicted octanol–water partition coefficient (Wildman–Crippen LogP) is 4.67. The minimum Gasteiger partial charge on any atom is -0.294 e. The fraction of sp³-hybridized carbons (Fsp3) is 0.0714. The third-order valence-corrected chi connectivity index (χ3v) is 3.63. The maximum atomic E-state index is 12.9. The molecule has 1 nitrogen and oxygen atoms in total. The number of ketones is 1. The molecule has 0 aliphatic carbocycles. The predicted molar refractivity (Wildman–Crippen MR) is 73.6 cm³/mol. The van der Waals surface area contributed by atoms with Gasteiger partial charge >= 0.3 is 0 Å². The van der Waals surface area contributed by atoms with Crippen LogP contribution in [0.1, 0.15) is 15.9 Å². The lowest BCUT2D eigenvalue weighted by atomic mass is 10.0. The second-order valence-electron chi connectivity index (χ2n) is 3.82. The van der Waals surface area contributed by atoms with Crippen LogP contribution in [-0.2, 0) is 6.42 Å². The molecule has 0 atom stereocenters. The molecule has 0 radical (unpaired) electrons. The van der Waals surface area contributed by atoms with Crippen molar-refractivity contribution in [1.82, 2.24) is 0 Å². The van der Waals surface area contributed by atoms with Crippen molar-refractivity contribution < 1.29 is 9.18 Å². The van der Waals surface area contributed by atoms with E-state index in [1.807, 2.05) is 24.3 Å². The van der Waals surface area contributed by atoms with E-state index in [4.69, 9.17) is 11.6 Å². The molecular weight excluding hydrogens is 319 g/mol. The zero-order valence-corrected chi connectivity index (χ0v) is 11.6. The van der Waals surface area contributed by atoms with E-state index in [-0.39, 0.29) is 17.2 Å². The first-order valence-electron chi connectivity index (χ1n) is 5.29. The van der Waals surface area contributed by atoms with E-state index in [1.165, 1.54) is 12.1 Å². The van der Waals surface area contributed by atoms with Crippen LogP contribution in [0.25, 0.3) is 0 Å². The van der Waals surface area contributed by atoms with Crippen molar-refractivity contribution in [3.63, 3.8) is 0 Å². The van der Waals surface area contributed by atoms with Gasteiger partial charge in [-0.15, -0.1) is 0 Å².